The van der Waals surface area contributed by atoms with Crippen LogP contribution in [0, 0.1) is 0 Å². The second-order valence-electron chi connectivity index (χ2n) is 4.07. The summed E-state index contributed by atoms with van der Waals surface area (Å²) in [7, 11) is 0. The molecule has 0 saturated heterocycles. The fourth-order valence-electron chi connectivity index (χ4n) is 1.42. The number of halogens is 3. The summed E-state index contributed by atoms with van der Waals surface area (Å²) in [5.74, 6) is 0. The van der Waals surface area contributed by atoms with Gasteiger partial charge in [0.05, 0.1) is 10.6 Å². The summed E-state index contributed by atoms with van der Waals surface area (Å²) in [4.78, 5) is 3.99. The Morgan fingerprint density at radius 2 is 2.06 bits per heavy atom. The number of alkyl halides is 3. The molecule has 1 unspecified atom stereocenters. The third-order valence-electron chi connectivity index (χ3n) is 2.19. The predicted octanol–water partition coefficient (Wildman–Crippen LogP) is 3.17. The molecule has 0 aliphatic carbocycles. The van der Waals surface area contributed by atoms with Crippen LogP contribution in [0.1, 0.15) is 31.2 Å². The molecule has 1 aromatic rings. The maximum atomic E-state index is 11.9. The Morgan fingerprint density at radius 3 is 2.56 bits per heavy atom. The maximum absolute atomic E-state index is 11.9. The number of aliphatic hydroxyl groups is 1. The highest BCUT2D eigenvalue weighted by atomic mass is 32.1. The van der Waals surface area contributed by atoms with Crippen molar-refractivity contribution in [3.05, 3.63) is 16.6 Å². The quantitative estimate of drug-likeness (QED) is 0.874. The first kappa shape index (κ1) is 13.4. The minimum Gasteiger partial charge on any atom is -0.390 e. The summed E-state index contributed by atoms with van der Waals surface area (Å²) >= 11 is 1.40. The van der Waals surface area contributed by atoms with Crippen LogP contribution in [-0.4, -0.2) is 21.9 Å². The fourth-order valence-corrected chi connectivity index (χ4v) is 2.22. The van der Waals surface area contributed by atoms with Gasteiger partial charge in [0.15, 0.2) is 0 Å². The standard InChI is InChI=1S/C10H14F3NOS/c1-9(15,3-2-4-10(11,12)13)7-8-14-5-6-16-8/h5-6,15H,2-4,7H2,1H3. The second kappa shape index (κ2) is 5.14. The summed E-state index contributed by atoms with van der Waals surface area (Å²) in [5.41, 5.74) is -1.11. The average molecular weight is 253 g/mol. The molecular weight excluding hydrogens is 239 g/mol. The van der Waals surface area contributed by atoms with Gasteiger partial charge in [0.1, 0.15) is 0 Å². The zero-order valence-electron chi connectivity index (χ0n) is 8.92. The molecule has 0 aliphatic heterocycles. The lowest BCUT2D eigenvalue weighted by Crippen LogP contribution is -2.27. The van der Waals surface area contributed by atoms with Gasteiger partial charge >= 0.3 is 6.18 Å². The molecule has 0 spiro atoms. The van der Waals surface area contributed by atoms with Crippen LogP contribution in [-0.2, 0) is 6.42 Å². The molecule has 92 valence electrons. The molecule has 1 N–H and O–H groups in total. The normalized spacial score (nSPS) is 16.1. The molecule has 0 fully saturated rings. The lowest BCUT2D eigenvalue weighted by Gasteiger charge is -2.22. The first-order chi connectivity index (χ1) is 7.29. The van der Waals surface area contributed by atoms with Crippen LogP contribution < -0.4 is 0 Å². The molecule has 0 radical (unpaired) electrons. The van der Waals surface area contributed by atoms with Crippen molar-refractivity contribution in [1.29, 1.82) is 0 Å². The minimum atomic E-state index is -4.14. The van der Waals surface area contributed by atoms with E-state index >= 15 is 0 Å². The van der Waals surface area contributed by atoms with Crippen LogP contribution >= 0.6 is 11.3 Å². The SMILES string of the molecule is CC(O)(CCCC(F)(F)F)Cc1nccs1. The number of thiazole rings is 1. The van der Waals surface area contributed by atoms with Gasteiger partial charge in [-0.2, -0.15) is 13.2 Å². The molecule has 0 aliphatic rings. The van der Waals surface area contributed by atoms with E-state index in [1.165, 1.54) is 11.3 Å². The predicted molar refractivity (Wildman–Crippen MR) is 56.3 cm³/mol. The first-order valence-corrected chi connectivity index (χ1v) is 5.84. The Kier molecular flexibility index (Phi) is 4.32. The zero-order chi connectivity index (χ0) is 12.2. The van der Waals surface area contributed by atoms with Gasteiger partial charge < -0.3 is 5.11 Å². The van der Waals surface area contributed by atoms with Gasteiger partial charge in [-0.3, -0.25) is 0 Å². The van der Waals surface area contributed by atoms with E-state index in [-0.39, 0.29) is 12.8 Å². The van der Waals surface area contributed by atoms with Crippen molar-refractivity contribution in [2.75, 3.05) is 0 Å². The summed E-state index contributed by atoms with van der Waals surface area (Å²) in [6.07, 6.45) is -2.99. The Balaban J connectivity index is 2.34. The minimum absolute atomic E-state index is 0.0537. The van der Waals surface area contributed by atoms with Crippen LogP contribution in [0.5, 0.6) is 0 Å². The monoisotopic (exact) mass is 253 g/mol. The highest BCUT2D eigenvalue weighted by molar-refractivity contribution is 7.09. The van der Waals surface area contributed by atoms with Crippen LogP contribution in [0.3, 0.4) is 0 Å². The molecule has 0 amide bonds. The van der Waals surface area contributed by atoms with Gasteiger partial charge in [0.25, 0.3) is 0 Å². The lowest BCUT2D eigenvalue weighted by atomic mass is 9.95. The van der Waals surface area contributed by atoms with E-state index in [1.54, 1.807) is 18.5 Å². The summed E-state index contributed by atoms with van der Waals surface area (Å²) in [5, 5.41) is 12.4. The van der Waals surface area contributed by atoms with Crippen LogP contribution in [0.25, 0.3) is 0 Å². The van der Waals surface area contributed by atoms with E-state index < -0.39 is 18.2 Å². The van der Waals surface area contributed by atoms with E-state index in [0.717, 1.165) is 5.01 Å². The highest BCUT2D eigenvalue weighted by Crippen LogP contribution is 2.26. The third-order valence-corrected chi connectivity index (χ3v) is 2.97. The van der Waals surface area contributed by atoms with E-state index in [1.807, 2.05) is 0 Å². The second-order valence-corrected chi connectivity index (χ2v) is 5.05. The summed E-state index contributed by atoms with van der Waals surface area (Å²) < 4.78 is 35.7. The van der Waals surface area contributed by atoms with Crippen molar-refractivity contribution < 1.29 is 18.3 Å². The topological polar surface area (TPSA) is 33.1 Å². The van der Waals surface area contributed by atoms with Gasteiger partial charge in [0.2, 0.25) is 0 Å². The van der Waals surface area contributed by atoms with E-state index in [9.17, 15) is 18.3 Å². The zero-order valence-corrected chi connectivity index (χ0v) is 9.74. The Bertz CT molecular complexity index is 308. The van der Waals surface area contributed by atoms with Crippen LogP contribution in [0.4, 0.5) is 13.2 Å². The Hall–Kier alpha value is -0.620. The molecule has 1 aromatic heterocycles. The van der Waals surface area contributed by atoms with Crippen molar-refractivity contribution in [3.8, 4) is 0 Å². The van der Waals surface area contributed by atoms with Gasteiger partial charge in [-0.25, -0.2) is 4.98 Å². The van der Waals surface area contributed by atoms with Gasteiger partial charge in [-0.05, 0) is 19.8 Å². The van der Waals surface area contributed by atoms with Crippen LogP contribution in [0.2, 0.25) is 0 Å². The molecule has 6 heteroatoms. The molecule has 1 atom stereocenters. The maximum Gasteiger partial charge on any atom is 0.389 e. The smallest absolute Gasteiger partial charge is 0.389 e. The van der Waals surface area contributed by atoms with Crippen molar-refractivity contribution in [1.82, 2.24) is 4.98 Å². The van der Waals surface area contributed by atoms with Gasteiger partial charge in [0, 0.05) is 24.4 Å². The Labute approximate surface area is 96.1 Å². The number of hydrogen-bond donors (Lipinski definition) is 1. The number of nitrogens with zero attached hydrogens (tertiary/aromatic N) is 1. The summed E-state index contributed by atoms with van der Waals surface area (Å²) in [6, 6.07) is 0. The van der Waals surface area contributed by atoms with Crippen molar-refractivity contribution in [3.63, 3.8) is 0 Å². The fraction of sp³-hybridized carbons (Fsp3) is 0.700. The van der Waals surface area contributed by atoms with E-state index in [0.29, 0.717) is 6.42 Å². The van der Waals surface area contributed by atoms with E-state index in [2.05, 4.69) is 4.98 Å². The van der Waals surface area contributed by atoms with Gasteiger partial charge in [-0.15, -0.1) is 11.3 Å². The molecule has 0 aromatic carbocycles. The van der Waals surface area contributed by atoms with Crippen molar-refractivity contribution in [2.24, 2.45) is 0 Å². The number of aromatic nitrogens is 1. The Morgan fingerprint density at radius 1 is 1.38 bits per heavy atom. The largest absolute Gasteiger partial charge is 0.390 e. The molecule has 2 nitrogen and oxygen atoms in total. The molecule has 1 rings (SSSR count). The van der Waals surface area contributed by atoms with Gasteiger partial charge in [-0.1, -0.05) is 0 Å². The molecule has 16 heavy (non-hydrogen) atoms. The highest BCUT2D eigenvalue weighted by Gasteiger charge is 2.29. The number of rotatable bonds is 5. The molecule has 1 heterocycles. The average Bonchev–Trinajstić information content (AvgIpc) is 2.52. The molecule has 0 bridgehead atoms. The van der Waals surface area contributed by atoms with Crippen molar-refractivity contribution in [2.45, 2.75) is 44.4 Å². The first-order valence-electron chi connectivity index (χ1n) is 4.96. The third kappa shape index (κ3) is 5.46. The summed E-state index contributed by atoms with van der Waals surface area (Å²) in [6.45, 7) is 1.55. The molecular formula is C10H14F3NOS. The van der Waals surface area contributed by atoms with Crippen LogP contribution in [0.15, 0.2) is 11.6 Å². The van der Waals surface area contributed by atoms with E-state index in [4.69, 9.17) is 0 Å². The number of hydrogen-bond acceptors (Lipinski definition) is 3. The molecule has 0 saturated carbocycles. The lowest BCUT2D eigenvalue weighted by molar-refractivity contribution is -0.137. The van der Waals surface area contributed by atoms with Crippen molar-refractivity contribution >= 4 is 11.3 Å².